The molecule has 1 aliphatic carbocycles. The van der Waals surface area contributed by atoms with Gasteiger partial charge in [-0.2, -0.15) is 10.1 Å². The zero-order chi connectivity index (χ0) is 23.0. The number of rotatable bonds is 4. The first-order valence-corrected chi connectivity index (χ1v) is 11.0. The number of benzene rings is 2. The number of nitrogens with two attached hydrogens (primary N) is 2. The van der Waals surface area contributed by atoms with Crippen LogP contribution in [0.25, 0.3) is 16.9 Å². The van der Waals surface area contributed by atoms with Crippen LogP contribution in [0.4, 0.5) is 5.69 Å². The second-order valence-corrected chi connectivity index (χ2v) is 8.33. The Morgan fingerprint density at radius 3 is 2.27 bits per heavy atom. The molecule has 0 unspecified atom stereocenters. The third-order valence-corrected chi connectivity index (χ3v) is 6.20. The lowest BCUT2D eigenvalue weighted by molar-refractivity contribution is 0.0690. The van der Waals surface area contributed by atoms with Crippen molar-refractivity contribution in [2.75, 3.05) is 4.90 Å². The molecule has 0 saturated heterocycles. The van der Waals surface area contributed by atoms with Gasteiger partial charge >= 0.3 is 5.97 Å². The normalized spacial score (nSPS) is 17.5. The van der Waals surface area contributed by atoms with Gasteiger partial charge in [0.1, 0.15) is 5.66 Å². The van der Waals surface area contributed by atoms with E-state index in [4.69, 9.17) is 16.5 Å². The van der Waals surface area contributed by atoms with Gasteiger partial charge in [0.05, 0.1) is 11.4 Å². The van der Waals surface area contributed by atoms with Crippen molar-refractivity contribution in [1.29, 1.82) is 0 Å². The Balaban J connectivity index is 1.54. The maximum Gasteiger partial charge on any atom is 0.356 e. The third kappa shape index (κ3) is 3.71. The third-order valence-electron chi connectivity index (χ3n) is 6.20. The molecule has 33 heavy (non-hydrogen) atoms. The molecule has 5 N–H and O–H groups in total. The van der Waals surface area contributed by atoms with Gasteiger partial charge in [-0.3, -0.25) is 4.90 Å². The Morgan fingerprint density at radius 1 is 0.939 bits per heavy atom. The highest BCUT2D eigenvalue weighted by molar-refractivity contribution is 6.05. The summed E-state index contributed by atoms with van der Waals surface area (Å²) in [6.45, 7) is 0. The van der Waals surface area contributed by atoms with Gasteiger partial charge in [-0.1, -0.05) is 36.8 Å². The number of hydrogen-bond acceptors (Lipinski definition) is 7. The van der Waals surface area contributed by atoms with Crippen LogP contribution in [0.5, 0.6) is 0 Å². The second-order valence-electron chi connectivity index (χ2n) is 8.33. The van der Waals surface area contributed by atoms with E-state index in [2.05, 4.69) is 10.1 Å². The summed E-state index contributed by atoms with van der Waals surface area (Å²) >= 11 is 0. The molecule has 1 aliphatic heterocycles. The minimum atomic E-state index is -1.07. The molecule has 9 nitrogen and oxygen atoms in total. The molecule has 3 aromatic rings. The Bertz CT molecular complexity index is 1240. The van der Waals surface area contributed by atoms with Crippen LogP contribution in [-0.4, -0.2) is 38.4 Å². The first kappa shape index (κ1) is 20.7. The Kier molecular flexibility index (Phi) is 5.08. The molecule has 1 fully saturated rings. The molecular formula is C24H25N7O2. The molecule has 0 bridgehead atoms. The molecule has 9 heteroatoms. The van der Waals surface area contributed by atoms with Gasteiger partial charge in [-0.05, 0) is 56.0 Å². The van der Waals surface area contributed by atoms with Crippen LogP contribution < -0.4 is 16.4 Å². The zero-order valence-electron chi connectivity index (χ0n) is 18.1. The van der Waals surface area contributed by atoms with E-state index in [-0.39, 0.29) is 11.7 Å². The van der Waals surface area contributed by atoms with Gasteiger partial charge in [0, 0.05) is 11.3 Å². The van der Waals surface area contributed by atoms with E-state index in [0.29, 0.717) is 11.7 Å². The van der Waals surface area contributed by atoms with Crippen LogP contribution >= 0.6 is 0 Å². The summed E-state index contributed by atoms with van der Waals surface area (Å²) in [5.41, 5.74) is 14.9. The summed E-state index contributed by atoms with van der Waals surface area (Å²) < 4.78 is 1.64. The average molecular weight is 444 g/mol. The van der Waals surface area contributed by atoms with Crippen molar-refractivity contribution < 1.29 is 9.90 Å². The quantitative estimate of drug-likeness (QED) is 0.566. The Hall–Kier alpha value is -4.14. The minimum Gasteiger partial charge on any atom is -0.476 e. The van der Waals surface area contributed by atoms with Gasteiger partial charge in [0.25, 0.3) is 0 Å². The predicted molar refractivity (Wildman–Crippen MR) is 127 cm³/mol. The number of nitrogens with zero attached hydrogens (tertiary/aromatic N) is 5. The number of aromatic nitrogens is 2. The molecule has 168 valence electrons. The van der Waals surface area contributed by atoms with Crippen molar-refractivity contribution in [1.82, 2.24) is 9.78 Å². The smallest absolute Gasteiger partial charge is 0.356 e. The van der Waals surface area contributed by atoms with Crippen molar-refractivity contribution in [3.8, 4) is 16.9 Å². The van der Waals surface area contributed by atoms with E-state index in [1.165, 1.54) is 0 Å². The standard InChI is InChI=1S/C24H25N7O2/c25-22-27-23(26)30(24(28-22)13-5-2-6-14-24)17-9-11-18(12-10-17)31-20(15-19(29-31)21(32)33)16-7-3-1-4-8-16/h1,3-4,7-12,15H,2,5-6,13-14H2,(H,32,33)(H4,25,26,27,28). The van der Waals surface area contributed by atoms with Crippen molar-refractivity contribution >= 4 is 23.6 Å². The fourth-order valence-corrected chi connectivity index (χ4v) is 4.73. The van der Waals surface area contributed by atoms with Crippen molar-refractivity contribution in [2.24, 2.45) is 21.5 Å². The molecule has 2 heterocycles. The van der Waals surface area contributed by atoms with E-state index < -0.39 is 11.6 Å². The van der Waals surface area contributed by atoms with Crippen LogP contribution in [0.15, 0.2) is 70.6 Å². The van der Waals surface area contributed by atoms with Crippen LogP contribution in [-0.2, 0) is 0 Å². The van der Waals surface area contributed by atoms with Crippen LogP contribution in [0.3, 0.4) is 0 Å². The molecule has 1 aromatic heterocycles. The van der Waals surface area contributed by atoms with E-state index in [1.807, 2.05) is 59.5 Å². The summed E-state index contributed by atoms with van der Waals surface area (Å²) in [6, 6.07) is 18.8. The highest BCUT2D eigenvalue weighted by Crippen LogP contribution is 2.39. The number of aliphatic imine (C=N–C) groups is 2. The van der Waals surface area contributed by atoms with Gasteiger partial charge in [-0.15, -0.1) is 0 Å². The maximum atomic E-state index is 11.6. The molecule has 5 rings (SSSR count). The minimum absolute atomic E-state index is 0.0173. The molecule has 0 radical (unpaired) electrons. The zero-order valence-corrected chi connectivity index (χ0v) is 18.1. The summed E-state index contributed by atoms with van der Waals surface area (Å²) in [4.78, 5) is 22.5. The number of aromatic carboxylic acids is 1. The molecular weight excluding hydrogens is 418 g/mol. The SMILES string of the molecule is NC1=NC2(CCCCC2)N(c2ccc(-n3nc(C(=O)O)cc3-c3ccccc3)cc2)C(N)=N1. The van der Waals surface area contributed by atoms with E-state index in [0.717, 1.165) is 49.0 Å². The number of guanidine groups is 2. The molecule has 2 aliphatic rings. The number of hydrogen-bond donors (Lipinski definition) is 3. The summed E-state index contributed by atoms with van der Waals surface area (Å²) in [5, 5.41) is 13.8. The molecule has 0 amide bonds. The van der Waals surface area contributed by atoms with Crippen molar-refractivity contribution in [3.05, 3.63) is 66.4 Å². The summed E-state index contributed by atoms with van der Waals surface area (Å²) in [6.07, 6.45) is 4.96. The lowest BCUT2D eigenvalue weighted by atomic mass is 9.87. The van der Waals surface area contributed by atoms with E-state index >= 15 is 0 Å². The van der Waals surface area contributed by atoms with Gasteiger partial charge in [0.15, 0.2) is 5.69 Å². The van der Waals surface area contributed by atoms with E-state index in [1.54, 1.807) is 10.7 Å². The number of carboxylic acids is 1. The summed E-state index contributed by atoms with van der Waals surface area (Å²) in [7, 11) is 0. The van der Waals surface area contributed by atoms with Gasteiger partial charge in [-0.25, -0.2) is 14.5 Å². The van der Waals surface area contributed by atoms with Crippen LogP contribution in [0.1, 0.15) is 42.6 Å². The van der Waals surface area contributed by atoms with Crippen molar-refractivity contribution in [3.63, 3.8) is 0 Å². The van der Waals surface area contributed by atoms with Gasteiger partial charge < -0.3 is 16.6 Å². The Morgan fingerprint density at radius 2 is 1.61 bits per heavy atom. The number of carbonyl (C=O) groups is 1. The number of carboxylic acid groups (broad SMARTS) is 1. The maximum absolute atomic E-state index is 11.6. The average Bonchev–Trinajstić information content (AvgIpc) is 3.26. The highest BCUT2D eigenvalue weighted by Gasteiger charge is 2.42. The largest absolute Gasteiger partial charge is 0.476 e. The number of anilines is 1. The Labute approximate surface area is 191 Å². The highest BCUT2D eigenvalue weighted by atomic mass is 16.4. The van der Waals surface area contributed by atoms with E-state index in [9.17, 15) is 9.90 Å². The first-order valence-electron chi connectivity index (χ1n) is 11.0. The van der Waals surface area contributed by atoms with Crippen LogP contribution in [0.2, 0.25) is 0 Å². The fraction of sp³-hybridized carbons (Fsp3) is 0.250. The molecule has 2 aromatic carbocycles. The fourth-order valence-electron chi connectivity index (χ4n) is 4.73. The first-order chi connectivity index (χ1) is 16.0. The second kappa shape index (κ2) is 8.09. The predicted octanol–water partition coefficient (Wildman–Crippen LogP) is 3.35. The monoisotopic (exact) mass is 443 g/mol. The van der Waals surface area contributed by atoms with Crippen molar-refractivity contribution in [2.45, 2.75) is 37.8 Å². The topological polar surface area (TPSA) is 135 Å². The molecule has 0 atom stereocenters. The summed E-state index contributed by atoms with van der Waals surface area (Å²) in [5.74, 6) is -0.531. The lowest BCUT2D eigenvalue weighted by Gasteiger charge is -2.45. The molecule has 1 spiro atoms. The van der Waals surface area contributed by atoms with Crippen LogP contribution in [0, 0.1) is 0 Å². The van der Waals surface area contributed by atoms with Gasteiger partial charge in [0.2, 0.25) is 11.9 Å². The lowest BCUT2D eigenvalue weighted by Crippen LogP contribution is -2.58. The molecule has 1 saturated carbocycles.